The van der Waals surface area contributed by atoms with E-state index >= 15 is 0 Å². The first kappa shape index (κ1) is 69.9. The van der Waals surface area contributed by atoms with Gasteiger partial charge in [0.1, 0.15) is 0 Å². The van der Waals surface area contributed by atoms with Crippen LogP contribution in [0.1, 0.15) is 202 Å². The number of allylic oxidation sites excluding steroid dienone is 7. The summed E-state index contributed by atoms with van der Waals surface area (Å²) in [6.07, 6.45) is 11.1. The normalized spacial score (nSPS) is 12.9. The van der Waals surface area contributed by atoms with Crippen LogP contribution in [0.3, 0.4) is 0 Å². The Balaban J connectivity index is -0.000000273. The van der Waals surface area contributed by atoms with E-state index in [4.69, 9.17) is 0 Å². The molecule has 4 aromatic carbocycles. The lowest BCUT2D eigenvalue weighted by atomic mass is 9.72. The van der Waals surface area contributed by atoms with Gasteiger partial charge < -0.3 is 0 Å². The van der Waals surface area contributed by atoms with Crippen LogP contribution in [0.4, 0.5) is 0 Å². The van der Waals surface area contributed by atoms with E-state index in [9.17, 15) is 0 Å². The van der Waals surface area contributed by atoms with E-state index < -0.39 is 0 Å². The van der Waals surface area contributed by atoms with Crippen LogP contribution >= 0.6 is 0 Å². The number of rotatable bonds is 6. The highest BCUT2D eigenvalue weighted by atomic mass is 14.3. The van der Waals surface area contributed by atoms with Crippen molar-refractivity contribution >= 4 is 0 Å². The van der Waals surface area contributed by atoms with Crippen molar-refractivity contribution in [3.8, 4) is 11.1 Å². The molecule has 0 saturated carbocycles. The quantitative estimate of drug-likeness (QED) is 0.181. The third-order valence-corrected chi connectivity index (χ3v) is 9.66. The van der Waals surface area contributed by atoms with Gasteiger partial charge in [0, 0.05) is 11.3 Å². The van der Waals surface area contributed by atoms with Crippen LogP contribution in [0.15, 0.2) is 157 Å². The maximum Gasteiger partial charge on any atom is 0.0215 e. The van der Waals surface area contributed by atoms with Gasteiger partial charge in [0.25, 0.3) is 0 Å². The van der Waals surface area contributed by atoms with E-state index in [0.717, 1.165) is 17.9 Å². The Morgan fingerprint density at radius 3 is 1.34 bits per heavy atom. The number of hydrogen-bond acceptors (Lipinski definition) is 0. The third-order valence-electron chi connectivity index (χ3n) is 9.66. The van der Waals surface area contributed by atoms with Crippen LogP contribution in [-0.4, -0.2) is 0 Å². The molecule has 0 saturated heterocycles. The predicted molar refractivity (Wildman–Crippen MR) is 307 cm³/mol. The first-order valence-electron chi connectivity index (χ1n) is 25.8. The van der Waals surface area contributed by atoms with E-state index in [1.54, 1.807) is 0 Å². The van der Waals surface area contributed by atoms with Crippen LogP contribution in [-0.2, 0) is 11.8 Å². The molecule has 1 aliphatic rings. The van der Waals surface area contributed by atoms with Gasteiger partial charge in [-0.25, -0.2) is 0 Å². The van der Waals surface area contributed by atoms with Gasteiger partial charge in [0.05, 0.1) is 0 Å². The molecule has 5 rings (SSSR count). The highest BCUT2D eigenvalue weighted by Gasteiger charge is 2.29. The maximum absolute atomic E-state index is 3.98. The Kier molecular flexibility index (Phi) is 44.4. The molecule has 0 heteroatoms. The fraction of sp³-hybridized carbons (Fsp3) is 0.508. The minimum atomic E-state index is -0.0679. The zero-order valence-electron chi connectivity index (χ0n) is 48.0. The molecule has 1 aliphatic carbocycles. The summed E-state index contributed by atoms with van der Waals surface area (Å²) in [4.78, 5) is 0. The molecular formula is C65H108. The Morgan fingerprint density at radius 1 is 0.554 bits per heavy atom. The number of hydrogen-bond donors (Lipinski definition) is 0. The SMILES string of the molecule is C=C(C)C1=CC=C(C)C(C(C)(C)C)C=C1.CC.CC.CC.CC.CC.CC.CC(C)C.CCC(C)(C)C.Cc1cccc(C(C)(Cc2ccc(-c3ccccc3)cc2)c2ccccc2)c1. The minimum absolute atomic E-state index is 0.0679. The predicted octanol–water partition coefficient (Wildman–Crippen LogP) is 22.1. The molecule has 0 radical (unpaired) electrons. The summed E-state index contributed by atoms with van der Waals surface area (Å²) in [6, 6.07) is 39.4. The molecule has 2 atom stereocenters. The summed E-state index contributed by atoms with van der Waals surface area (Å²) in [5.74, 6) is 1.35. The zero-order chi connectivity index (χ0) is 51.8. The third kappa shape index (κ3) is 31.4. The molecule has 0 aromatic heterocycles. The smallest absolute Gasteiger partial charge is 0.0215 e. The van der Waals surface area contributed by atoms with Crippen molar-refractivity contribution in [1.29, 1.82) is 0 Å². The second kappa shape index (κ2) is 41.3. The minimum Gasteiger partial charge on any atom is -0.0955 e. The van der Waals surface area contributed by atoms with Gasteiger partial charge in [-0.15, -0.1) is 0 Å². The summed E-state index contributed by atoms with van der Waals surface area (Å²) in [6.45, 7) is 59.1. The Bertz CT molecular complexity index is 1740. The van der Waals surface area contributed by atoms with E-state index in [0.29, 0.717) is 11.3 Å². The first-order valence-corrected chi connectivity index (χ1v) is 25.8. The molecule has 0 nitrogen and oxygen atoms in total. The molecule has 0 fully saturated rings. The van der Waals surface area contributed by atoms with Crippen LogP contribution in [0.25, 0.3) is 11.1 Å². The van der Waals surface area contributed by atoms with Crippen molar-refractivity contribution in [3.63, 3.8) is 0 Å². The zero-order valence-corrected chi connectivity index (χ0v) is 48.0. The van der Waals surface area contributed by atoms with Crippen molar-refractivity contribution in [2.75, 3.05) is 0 Å². The Labute approximate surface area is 409 Å². The summed E-state index contributed by atoms with van der Waals surface area (Å²) in [5, 5.41) is 0. The average Bonchev–Trinajstić information content (AvgIpc) is 3.53. The van der Waals surface area contributed by atoms with Gasteiger partial charge in [0.2, 0.25) is 0 Å². The van der Waals surface area contributed by atoms with Crippen LogP contribution in [0.5, 0.6) is 0 Å². The lowest BCUT2D eigenvalue weighted by Gasteiger charge is -2.32. The maximum atomic E-state index is 3.98. The van der Waals surface area contributed by atoms with Gasteiger partial charge in [-0.1, -0.05) is 322 Å². The van der Waals surface area contributed by atoms with Crippen LogP contribution in [0.2, 0.25) is 0 Å². The van der Waals surface area contributed by atoms with Crippen molar-refractivity contribution < 1.29 is 0 Å². The molecule has 0 N–H and O–H groups in total. The molecule has 368 valence electrons. The van der Waals surface area contributed by atoms with Crippen molar-refractivity contribution in [2.24, 2.45) is 22.7 Å². The van der Waals surface area contributed by atoms with Gasteiger partial charge in [-0.3, -0.25) is 0 Å². The lowest BCUT2D eigenvalue weighted by molar-refractivity contribution is 0.330. The molecule has 2 unspecified atom stereocenters. The van der Waals surface area contributed by atoms with Crippen molar-refractivity contribution in [3.05, 3.63) is 179 Å². The largest absolute Gasteiger partial charge is 0.0955 e. The second-order valence-corrected chi connectivity index (χ2v) is 18.0. The Hall–Kier alpha value is -4.16. The molecule has 0 amide bonds. The van der Waals surface area contributed by atoms with Gasteiger partial charge in [-0.2, -0.15) is 0 Å². The molecule has 0 aliphatic heterocycles. The molecule has 0 spiro atoms. The molecule has 4 aromatic rings. The van der Waals surface area contributed by atoms with Crippen LogP contribution in [0, 0.1) is 29.6 Å². The molecular weight excluding hydrogens is 781 g/mol. The van der Waals surface area contributed by atoms with Gasteiger partial charge in [-0.05, 0) is 77.3 Å². The van der Waals surface area contributed by atoms with E-state index in [1.807, 2.05) is 83.1 Å². The summed E-state index contributed by atoms with van der Waals surface area (Å²) >= 11 is 0. The van der Waals surface area contributed by atoms with E-state index in [1.165, 1.54) is 50.9 Å². The fourth-order valence-electron chi connectivity index (χ4n) is 6.01. The number of aryl methyl sites for hydroxylation is 1. The molecule has 0 bridgehead atoms. The highest BCUT2D eigenvalue weighted by Crippen LogP contribution is 2.37. The van der Waals surface area contributed by atoms with Crippen molar-refractivity contribution in [2.45, 2.75) is 198 Å². The van der Waals surface area contributed by atoms with E-state index in [2.05, 4.69) is 237 Å². The summed E-state index contributed by atoms with van der Waals surface area (Å²) < 4.78 is 0. The fourth-order valence-corrected chi connectivity index (χ4v) is 6.01. The van der Waals surface area contributed by atoms with Gasteiger partial charge >= 0.3 is 0 Å². The van der Waals surface area contributed by atoms with E-state index in [-0.39, 0.29) is 10.8 Å². The first-order chi connectivity index (χ1) is 30.8. The summed E-state index contributed by atoms with van der Waals surface area (Å²) in [5.41, 5.74) is 12.5. The molecule has 65 heavy (non-hydrogen) atoms. The number of benzene rings is 4. The highest BCUT2D eigenvalue weighted by molar-refractivity contribution is 5.63. The standard InChI is InChI=1S/C28H26.C15H22.C6H14.C4H10.6C2H6/c1-22-10-9-15-27(20-22)28(2,26-13-7-4-8-14-26)21-23-16-18-25(19-17-23)24-11-5-3-6-12-24;1-11(2)13-8-7-12(3)14(10-9-13)15(4,5)6;1-5-6(2,3)4;1-4(2)3;6*1-2/h3-20H,21H2,1-2H3;7-10,14H,1H2,2-6H3;5H2,1-4H3;4H,1-3H3;6*1-2H3. The van der Waals surface area contributed by atoms with Crippen molar-refractivity contribution in [1.82, 2.24) is 0 Å². The van der Waals surface area contributed by atoms with Gasteiger partial charge in [0.15, 0.2) is 0 Å². The van der Waals surface area contributed by atoms with Crippen LogP contribution < -0.4 is 0 Å². The summed E-state index contributed by atoms with van der Waals surface area (Å²) in [7, 11) is 0. The Morgan fingerprint density at radius 2 is 0.954 bits per heavy atom. The average molecular weight is 890 g/mol. The monoisotopic (exact) mass is 889 g/mol. The lowest BCUT2D eigenvalue weighted by Crippen LogP contribution is -2.26. The topological polar surface area (TPSA) is 0 Å². The molecule has 0 heterocycles. The second-order valence-electron chi connectivity index (χ2n) is 18.0.